The highest BCUT2D eigenvalue weighted by molar-refractivity contribution is 5.99. The van der Waals surface area contributed by atoms with Gasteiger partial charge in [-0.05, 0) is 50.1 Å². The van der Waals surface area contributed by atoms with Crippen LogP contribution >= 0.6 is 0 Å². The highest BCUT2D eigenvalue weighted by atomic mass is 16.4. The van der Waals surface area contributed by atoms with Gasteiger partial charge in [0, 0.05) is 17.3 Å². The van der Waals surface area contributed by atoms with Gasteiger partial charge in [-0.3, -0.25) is 9.59 Å². The largest absolute Gasteiger partial charge is 0.478 e. The number of anilines is 1. The first kappa shape index (κ1) is 19.2. The van der Waals surface area contributed by atoms with Crippen LogP contribution in [0.3, 0.4) is 0 Å². The van der Waals surface area contributed by atoms with E-state index in [2.05, 4.69) is 10.6 Å². The maximum atomic E-state index is 12.3. The van der Waals surface area contributed by atoms with Crippen molar-refractivity contribution in [2.24, 2.45) is 0 Å². The molecule has 6 heteroatoms. The molecule has 0 radical (unpaired) electrons. The van der Waals surface area contributed by atoms with E-state index in [1.165, 1.54) is 6.07 Å². The Kier molecular flexibility index (Phi) is 6.11. The summed E-state index contributed by atoms with van der Waals surface area (Å²) in [5.41, 5.74) is 2.31. The number of nitrogens with one attached hydrogen (secondary N) is 2. The number of benzene rings is 2. The molecule has 136 valence electrons. The maximum Gasteiger partial charge on any atom is 0.335 e. The Morgan fingerprint density at radius 1 is 1.04 bits per heavy atom. The van der Waals surface area contributed by atoms with Gasteiger partial charge in [-0.1, -0.05) is 24.3 Å². The number of carboxylic acids is 1. The van der Waals surface area contributed by atoms with Gasteiger partial charge in [0.15, 0.2) is 0 Å². The highest BCUT2D eigenvalue weighted by Gasteiger charge is 2.14. The summed E-state index contributed by atoms with van der Waals surface area (Å²) in [4.78, 5) is 35.8. The summed E-state index contributed by atoms with van der Waals surface area (Å²) < 4.78 is 0. The summed E-state index contributed by atoms with van der Waals surface area (Å²) in [5.74, 6) is -1.63. The van der Waals surface area contributed by atoms with Crippen LogP contribution in [-0.4, -0.2) is 28.9 Å². The molecule has 2 rings (SSSR count). The van der Waals surface area contributed by atoms with Crippen LogP contribution in [0, 0.1) is 6.92 Å². The summed E-state index contributed by atoms with van der Waals surface area (Å²) in [6.45, 7) is 5.57. The van der Waals surface area contributed by atoms with Gasteiger partial charge < -0.3 is 15.7 Å². The lowest BCUT2D eigenvalue weighted by molar-refractivity contribution is -0.115. The van der Waals surface area contributed by atoms with Gasteiger partial charge in [-0.2, -0.15) is 0 Å². The minimum absolute atomic E-state index is 0.00710. The lowest BCUT2D eigenvalue weighted by Crippen LogP contribution is -2.30. The molecule has 2 aromatic carbocycles. The summed E-state index contributed by atoms with van der Waals surface area (Å²) in [7, 11) is 0. The van der Waals surface area contributed by atoms with Crippen molar-refractivity contribution in [1.82, 2.24) is 5.32 Å². The van der Waals surface area contributed by atoms with E-state index in [1.807, 2.05) is 20.8 Å². The van der Waals surface area contributed by atoms with Gasteiger partial charge in [0.2, 0.25) is 5.91 Å². The van der Waals surface area contributed by atoms with Gasteiger partial charge in [0.05, 0.1) is 12.0 Å². The second kappa shape index (κ2) is 8.29. The van der Waals surface area contributed by atoms with E-state index in [9.17, 15) is 19.5 Å². The minimum Gasteiger partial charge on any atom is -0.478 e. The fourth-order valence-electron chi connectivity index (χ4n) is 2.55. The third kappa shape index (κ3) is 4.92. The lowest BCUT2D eigenvalue weighted by atomic mass is 10.0. The van der Waals surface area contributed by atoms with Gasteiger partial charge in [0.1, 0.15) is 0 Å². The van der Waals surface area contributed by atoms with Crippen LogP contribution in [0.15, 0.2) is 42.5 Å². The van der Waals surface area contributed by atoms with Crippen molar-refractivity contribution in [2.45, 2.75) is 33.2 Å². The van der Waals surface area contributed by atoms with Crippen molar-refractivity contribution >= 4 is 23.5 Å². The zero-order valence-corrected chi connectivity index (χ0v) is 15.0. The van der Waals surface area contributed by atoms with E-state index >= 15 is 0 Å². The zero-order chi connectivity index (χ0) is 19.3. The molecular weight excluding hydrogens is 332 g/mol. The van der Waals surface area contributed by atoms with Gasteiger partial charge in [-0.15, -0.1) is 0 Å². The van der Waals surface area contributed by atoms with Crippen LogP contribution < -0.4 is 10.6 Å². The number of hydrogen-bond donors (Lipinski definition) is 3. The number of aromatic carboxylic acids is 1. The fourth-order valence-corrected chi connectivity index (χ4v) is 2.55. The monoisotopic (exact) mass is 354 g/mol. The number of aryl methyl sites for hydroxylation is 1. The molecule has 2 amide bonds. The summed E-state index contributed by atoms with van der Waals surface area (Å²) >= 11 is 0. The number of hydrogen-bond acceptors (Lipinski definition) is 3. The highest BCUT2D eigenvalue weighted by Crippen LogP contribution is 2.17. The van der Waals surface area contributed by atoms with Crippen molar-refractivity contribution in [3.05, 3.63) is 64.7 Å². The molecule has 0 heterocycles. The van der Waals surface area contributed by atoms with Crippen molar-refractivity contribution in [3.63, 3.8) is 0 Å². The molecule has 0 saturated heterocycles. The first-order valence-electron chi connectivity index (χ1n) is 8.30. The molecule has 0 atom stereocenters. The number of amides is 2. The van der Waals surface area contributed by atoms with Crippen LogP contribution in [0.2, 0.25) is 0 Å². The molecule has 0 aliphatic heterocycles. The smallest absolute Gasteiger partial charge is 0.335 e. The molecule has 0 saturated carbocycles. The summed E-state index contributed by atoms with van der Waals surface area (Å²) in [5, 5.41) is 14.7. The Morgan fingerprint density at radius 2 is 1.73 bits per heavy atom. The van der Waals surface area contributed by atoms with Crippen LogP contribution in [0.5, 0.6) is 0 Å². The van der Waals surface area contributed by atoms with Crippen molar-refractivity contribution in [2.75, 3.05) is 5.32 Å². The van der Waals surface area contributed by atoms with E-state index in [4.69, 9.17) is 0 Å². The maximum absolute atomic E-state index is 12.3. The average molecular weight is 354 g/mol. The first-order chi connectivity index (χ1) is 12.3. The quantitative estimate of drug-likeness (QED) is 0.743. The predicted molar refractivity (Wildman–Crippen MR) is 99.5 cm³/mol. The van der Waals surface area contributed by atoms with Crippen molar-refractivity contribution in [1.29, 1.82) is 0 Å². The second-order valence-corrected chi connectivity index (χ2v) is 6.35. The minimum atomic E-state index is -1.07. The van der Waals surface area contributed by atoms with Gasteiger partial charge >= 0.3 is 5.97 Å². The third-order valence-electron chi connectivity index (χ3n) is 3.78. The van der Waals surface area contributed by atoms with Gasteiger partial charge in [0.25, 0.3) is 5.91 Å². The van der Waals surface area contributed by atoms with E-state index in [0.717, 1.165) is 5.56 Å². The molecule has 3 N–H and O–H groups in total. The molecule has 0 unspecified atom stereocenters. The fraction of sp³-hybridized carbons (Fsp3) is 0.250. The Morgan fingerprint density at radius 3 is 2.38 bits per heavy atom. The molecule has 0 bridgehead atoms. The molecule has 0 aliphatic rings. The van der Waals surface area contributed by atoms with Crippen LogP contribution in [-0.2, 0) is 11.2 Å². The average Bonchev–Trinajstić information content (AvgIpc) is 2.56. The molecule has 0 fully saturated rings. The van der Waals surface area contributed by atoms with E-state index in [0.29, 0.717) is 16.8 Å². The van der Waals surface area contributed by atoms with E-state index in [-0.39, 0.29) is 29.8 Å². The SMILES string of the molecule is Cc1ccc(NC(=O)Cc2ccccc2C(=O)O)cc1C(=O)NC(C)C. The molecule has 6 nitrogen and oxygen atoms in total. The van der Waals surface area contributed by atoms with Crippen LogP contribution in [0.4, 0.5) is 5.69 Å². The van der Waals surface area contributed by atoms with Gasteiger partial charge in [-0.25, -0.2) is 4.79 Å². The number of carbonyl (C=O) groups excluding carboxylic acids is 2. The van der Waals surface area contributed by atoms with Crippen LogP contribution in [0.25, 0.3) is 0 Å². The molecule has 0 aromatic heterocycles. The predicted octanol–water partition coefficient (Wildman–Crippen LogP) is 3.01. The van der Waals surface area contributed by atoms with Crippen molar-refractivity contribution in [3.8, 4) is 0 Å². The molecular formula is C20H22N2O4. The van der Waals surface area contributed by atoms with Crippen molar-refractivity contribution < 1.29 is 19.5 Å². The zero-order valence-electron chi connectivity index (χ0n) is 15.0. The molecule has 0 spiro atoms. The van der Waals surface area contributed by atoms with E-state index < -0.39 is 5.97 Å². The topological polar surface area (TPSA) is 95.5 Å². The number of carboxylic acid groups (broad SMARTS) is 1. The number of rotatable bonds is 6. The molecule has 0 aliphatic carbocycles. The number of carbonyl (C=O) groups is 3. The normalized spacial score (nSPS) is 10.5. The molecule has 26 heavy (non-hydrogen) atoms. The third-order valence-corrected chi connectivity index (χ3v) is 3.78. The second-order valence-electron chi connectivity index (χ2n) is 6.35. The van der Waals surface area contributed by atoms with E-state index in [1.54, 1.807) is 36.4 Å². The Bertz CT molecular complexity index is 843. The summed E-state index contributed by atoms with van der Waals surface area (Å²) in [6, 6.07) is 11.5. The summed E-state index contributed by atoms with van der Waals surface area (Å²) in [6.07, 6.45) is -0.0656. The molecule has 2 aromatic rings. The Balaban J connectivity index is 2.15. The Labute approximate surface area is 152 Å². The standard InChI is InChI=1S/C20H22N2O4/c1-12(2)21-19(24)17-11-15(9-8-13(17)3)22-18(23)10-14-6-4-5-7-16(14)20(25)26/h4-9,11-12H,10H2,1-3H3,(H,21,24)(H,22,23)(H,25,26). The lowest BCUT2D eigenvalue weighted by Gasteiger charge is -2.13. The first-order valence-corrected chi connectivity index (χ1v) is 8.30. The Hall–Kier alpha value is -3.15. The van der Waals surface area contributed by atoms with Crippen LogP contribution in [0.1, 0.15) is 45.7 Å².